The molecule has 4 amide bonds. The minimum Gasteiger partial charge on any atom is -0.345 e. The first-order chi connectivity index (χ1) is 15.9. The van der Waals surface area contributed by atoms with Crippen LogP contribution in [0.25, 0.3) is 10.8 Å². The molecule has 168 valence electrons. The zero-order valence-electron chi connectivity index (χ0n) is 18.1. The van der Waals surface area contributed by atoms with Crippen molar-refractivity contribution >= 4 is 34.4 Å². The lowest BCUT2D eigenvalue weighted by molar-refractivity contribution is -0.140. The van der Waals surface area contributed by atoms with Gasteiger partial charge in [-0.3, -0.25) is 30.0 Å². The molecule has 0 aliphatic heterocycles. The van der Waals surface area contributed by atoms with Gasteiger partial charge in [0.2, 0.25) is 0 Å². The third-order valence-electron chi connectivity index (χ3n) is 5.03. The van der Waals surface area contributed by atoms with Gasteiger partial charge in [-0.25, -0.2) is 0 Å². The van der Waals surface area contributed by atoms with Gasteiger partial charge in [-0.05, 0) is 41.0 Å². The van der Waals surface area contributed by atoms with Crippen LogP contribution in [0, 0.1) is 0 Å². The van der Waals surface area contributed by atoms with Crippen LogP contribution < -0.4 is 21.5 Å². The summed E-state index contributed by atoms with van der Waals surface area (Å²) in [6, 6.07) is 20.4. The average Bonchev–Trinajstić information content (AvgIpc) is 2.85. The normalized spacial score (nSPS) is 11.2. The van der Waals surface area contributed by atoms with Gasteiger partial charge in [0, 0.05) is 12.1 Å². The molecule has 8 heteroatoms. The molecule has 0 unspecified atom stereocenters. The number of rotatable bonds is 6. The number of amides is 4. The number of carbonyl (C=O) groups is 4. The van der Waals surface area contributed by atoms with Crippen molar-refractivity contribution in [3.05, 3.63) is 96.1 Å². The lowest BCUT2D eigenvalue weighted by Crippen LogP contribution is -2.48. The Morgan fingerprint density at radius 2 is 1.58 bits per heavy atom. The number of hydrazine groups is 1. The van der Waals surface area contributed by atoms with Crippen LogP contribution in [-0.4, -0.2) is 23.6 Å². The third kappa shape index (κ3) is 5.82. The summed E-state index contributed by atoms with van der Waals surface area (Å²) in [5, 5.41) is 7.59. The fourth-order valence-corrected chi connectivity index (χ4v) is 3.36. The van der Waals surface area contributed by atoms with E-state index in [-0.39, 0.29) is 18.5 Å². The average molecular weight is 444 g/mol. The number of hydrogen-bond donors (Lipinski definition) is 4. The maximum atomic E-state index is 13.0. The van der Waals surface area contributed by atoms with Crippen LogP contribution in [0.1, 0.15) is 34.5 Å². The monoisotopic (exact) mass is 444 g/mol. The van der Waals surface area contributed by atoms with E-state index in [4.69, 9.17) is 0 Å². The highest BCUT2D eigenvalue weighted by Crippen LogP contribution is 2.24. The van der Waals surface area contributed by atoms with Crippen LogP contribution in [0.5, 0.6) is 0 Å². The number of benzene rings is 3. The molecule has 3 aromatic rings. The Balaban J connectivity index is 1.67. The minimum absolute atomic E-state index is 0.0477. The highest BCUT2D eigenvalue weighted by Gasteiger charge is 2.18. The van der Waals surface area contributed by atoms with Gasteiger partial charge >= 0.3 is 11.8 Å². The summed E-state index contributed by atoms with van der Waals surface area (Å²) < 4.78 is 0. The summed E-state index contributed by atoms with van der Waals surface area (Å²) in [6.07, 6.45) is 0.951. The fraction of sp³-hybridized carbons (Fsp3) is 0.120. The quantitative estimate of drug-likeness (QED) is 0.265. The fourth-order valence-electron chi connectivity index (χ4n) is 3.36. The van der Waals surface area contributed by atoms with Crippen molar-refractivity contribution < 1.29 is 19.2 Å². The zero-order valence-corrected chi connectivity index (χ0v) is 18.1. The molecule has 0 saturated heterocycles. The topological polar surface area (TPSA) is 116 Å². The first-order valence-electron chi connectivity index (χ1n) is 10.3. The predicted molar refractivity (Wildman–Crippen MR) is 125 cm³/mol. The molecule has 3 aromatic carbocycles. The summed E-state index contributed by atoms with van der Waals surface area (Å²) in [5.74, 6) is -2.96. The van der Waals surface area contributed by atoms with E-state index in [1.807, 2.05) is 60.2 Å². The van der Waals surface area contributed by atoms with Gasteiger partial charge in [0.15, 0.2) is 0 Å². The maximum absolute atomic E-state index is 13.0. The largest absolute Gasteiger partial charge is 0.345 e. The Morgan fingerprint density at radius 3 is 2.36 bits per heavy atom. The van der Waals surface area contributed by atoms with Crippen LogP contribution in [0.3, 0.4) is 0 Å². The summed E-state index contributed by atoms with van der Waals surface area (Å²) in [7, 11) is 0. The second-order valence-electron chi connectivity index (χ2n) is 7.25. The van der Waals surface area contributed by atoms with Crippen molar-refractivity contribution in [1.29, 1.82) is 0 Å². The Morgan fingerprint density at radius 1 is 0.879 bits per heavy atom. The molecule has 0 bridgehead atoms. The number of fused-ring (bicyclic) bond motifs is 1. The minimum atomic E-state index is -1.04. The predicted octanol–water partition coefficient (Wildman–Crippen LogP) is 2.28. The van der Waals surface area contributed by atoms with E-state index in [9.17, 15) is 19.2 Å². The van der Waals surface area contributed by atoms with Gasteiger partial charge in [0.25, 0.3) is 11.8 Å². The van der Waals surface area contributed by atoms with Crippen molar-refractivity contribution in [2.24, 2.45) is 0 Å². The van der Waals surface area contributed by atoms with E-state index in [0.29, 0.717) is 11.1 Å². The van der Waals surface area contributed by atoms with E-state index in [0.717, 1.165) is 22.4 Å². The first-order valence-corrected chi connectivity index (χ1v) is 10.3. The molecule has 0 heterocycles. The van der Waals surface area contributed by atoms with Crippen molar-refractivity contribution in [2.45, 2.75) is 19.5 Å². The number of carbonyl (C=O) groups excluding carboxylic acids is 4. The molecule has 33 heavy (non-hydrogen) atoms. The smallest absolute Gasteiger partial charge is 0.327 e. The first kappa shape index (κ1) is 23.2. The Kier molecular flexibility index (Phi) is 7.54. The van der Waals surface area contributed by atoms with E-state index in [1.54, 1.807) is 24.3 Å². The molecule has 8 nitrogen and oxygen atoms in total. The highest BCUT2D eigenvalue weighted by molar-refractivity contribution is 6.35. The molecule has 0 aliphatic carbocycles. The summed E-state index contributed by atoms with van der Waals surface area (Å²) in [5.41, 5.74) is 5.88. The molecule has 0 spiro atoms. The van der Waals surface area contributed by atoms with E-state index in [2.05, 4.69) is 17.2 Å². The van der Waals surface area contributed by atoms with E-state index >= 15 is 0 Å². The molecule has 1 atom stereocenters. The maximum Gasteiger partial charge on any atom is 0.327 e. The van der Waals surface area contributed by atoms with Gasteiger partial charge in [-0.2, -0.15) is 0 Å². The van der Waals surface area contributed by atoms with Crippen molar-refractivity contribution in [1.82, 2.24) is 21.5 Å². The third-order valence-corrected chi connectivity index (χ3v) is 5.03. The summed E-state index contributed by atoms with van der Waals surface area (Å²) >= 11 is 0. The lowest BCUT2D eigenvalue weighted by Gasteiger charge is -2.18. The SMILES string of the molecule is C=CC(=O)NNC(=O)C(=O)NCc1ccccc1C(=O)N[C@H](C)c1cccc2ccccc12. The molecule has 0 aromatic heterocycles. The van der Waals surface area contributed by atoms with Gasteiger partial charge in [0.1, 0.15) is 0 Å². The Bertz CT molecular complexity index is 1220. The molecule has 0 fully saturated rings. The van der Waals surface area contributed by atoms with Crippen molar-refractivity contribution in [2.75, 3.05) is 0 Å². The van der Waals surface area contributed by atoms with Crippen LogP contribution in [0.15, 0.2) is 79.4 Å². The molecular formula is C25H24N4O4. The Hall–Kier alpha value is -4.46. The zero-order chi connectivity index (χ0) is 23.8. The number of nitrogens with one attached hydrogen (secondary N) is 4. The Labute approximate surface area is 191 Å². The van der Waals surface area contributed by atoms with Gasteiger partial charge in [0.05, 0.1) is 6.04 Å². The van der Waals surface area contributed by atoms with Crippen molar-refractivity contribution in [3.63, 3.8) is 0 Å². The molecule has 4 N–H and O–H groups in total. The molecular weight excluding hydrogens is 420 g/mol. The van der Waals surface area contributed by atoms with Crippen LogP contribution >= 0.6 is 0 Å². The molecule has 0 aliphatic rings. The van der Waals surface area contributed by atoms with Crippen molar-refractivity contribution in [3.8, 4) is 0 Å². The highest BCUT2D eigenvalue weighted by atomic mass is 16.2. The second-order valence-corrected chi connectivity index (χ2v) is 7.25. The standard InChI is InChI=1S/C25H24N4O4/c1-3-22(30)28-29-25(33)24(32)26-15-18-10-5-7-13-21(18)23(31)27-16(2)19-14-8-11-17-9-4-6-12-20(17)19/h3-14,16H,1,15H2,2H3,(H,26,32)(H,27,31)(H,28,30)(H,29,33)/t16-/m1/s1. The summed E-state index contributed by atoms with van der Waals surface area (Å²) in [6.45, 7) is 5.10. The summed E-state index contributed by atoms with van der Waals surface area (Å²) in [4.78, 5) is 47.8. The lowest BCUT2D eigenvalue weighted by atomic mass is 9.99. The van der Waals surface area contributed by atoms with E-state index in [1.165, 1.54) is 0 Å². The van der Waals surface area contributed by atoms with Gasteiger partial charge in [-0.15, -0.1) is 0 Å². The van der Waals surface area contributed by atoms with E-state index < -0.39 is 17.7 Å². The van der Waals surface area contributed by atoms with Gasteiger partial charge in [-0.1, -0.05) is 67.2 Å². The molecule has 3 rings (SSSR count). The van der Waals surface area contributed by atoms with Crippen LogP contribution in [0.2, 0.25) is 0 Å². The van der Waals surface area contributed by atoms with Crippen LogP contribution in [0.4, 0.5) is 0 Å². The van der Waals surface area contributed by atoms with Crippen LogP contribution in [-0.2, 0) is 20.9 Å². The molecule has 0 saturated carbocycles. The second kappa shape index (κ2) is 10.7. The molecule has 0 radical (unpaired) electrons. The van der Waals surface area contributed by atoms with Gasteiger partial charge < -0.3 is 10.6 Å². The number of hydrogen-bond acceptors (Lipinski definition) is 4.